The number of carbonyl (C=O) groups is 1. The molecule has 3 nitrogen and oxygen atoms in total. The minimum atomic E-state index is -0.537. The second-order valence-electron chi connectivity index (χ2n) is 7.28. The molecule has 0 aromatic carbocycles. The Balaban J connectivity index is 1.45. The highest BCUT2D eigenvalue weighted by Gasteiger charge is 2.55. The third kappa shape index (κ3) is 1.70. The Kier molecular flexibility index (Phi) is 2.57. The summed E-state index contributed by atoms with van der Waals surface area (Å²) in [6.45, 7) is 2.98. The lowest BCUT2D eigenvalue weighted by Gasteiger charge is -2.27. The molecule has 3 aliphatic carbocycles. The van der Waals surface area contributed by atoms with Crippen LogP contribution < -0.4 is 0 Å². The van der Waals surface area contributed by atoms with E-state index in [1.807, 2.05) is 0 Å². The van der Waals surface area contributed by atoms with Crippen LogP contribution in [-0.4, -0.2) is 35.6 Å². The third-order valence-corrected chi connectivity index (χ3v) is 6.28. The van der Waals surface area contributed by atoms with E-state index < -0.39 is 11.4 Å². The number of hydrogen-bond acceptors (Lipinski definition) is 2. The van der Waals surface area contributed by atoms with Gasteiger partial charge in [-0.25, -0.2) is 0 Å². The van der Waals surface area contributed by atoms with Crippen LogP contribution in [0.2, 0.25) is 0 Å². The van der Waals surface area contributed by atoms with Gasteiger partial charge >= 0.3 is 5.97 Å². The fraction of sp³-hybridized carbons (Fsp3) is 0.812. The van der Waals surface area contributed by atoms with Crippen LogP contribution >= 0.6 is 0 Å². The van der Waals surface area contributed by atoms with Crippen LogP contribution in [0.1, 0.15) is 32.1 Å². The van der Waals surface area contributed by atoms with Crippen molar-refractivity contribution in [3.8, 4) is 0 Å². The molecule has 19 heavy (non-hydrogen) atoms. The lowest BCUT2D eigenvalue weighted by Crippen LogP contribution is -2.37. The molecule has 1 heterocycles. The molecule has 0 radical (unpaired) electrons. The minimum absolute atomic E-state index is 0.395. The van der Waals surface area contributed by atoms with Crippen molar-refractivity contribution in [2.75, 3.05) is 19.6 Å². The van der Waals surface area contributed by atoms with Crippen molar-refractivity contribution >= 4 is 5.97 Å². The number of nitrogens with zero attached hydrogens (tertiary/aromatic N) is 1. The predicted octanol–water partition coefficient (Wildman–Crippen LogP) is 2.39. The lowest BCUT2D eigenvalue weighted by atomic mass is 9.81. The molecule has 3 unspecified atom stereocenters. The first-order valence-electron chi connectivity index (χ1n) is 7.81. The topological polar surface area (TPSA) is 40.5 Å². The summed E-state index contributed by atoms with van der Waals surface area (Å²) in [7, 11) is 0. The molecule has 0 amide bonds. The largest absolute Gasteiger partial charge is 0.481 e. The highest BCUT2D eigenvalue weighted by Crippen LogP contribution is 2.50. The lowest BCUT2D eigenvalue weighted by molar-refractivity contribution is -0.149. The third-order valence-electron chi connectivity index (χ3n) is 6.28. The average molecular weight is 261 g/mol. The summed E-state index contributed by atoms with van der Waals surface area (Å²) >= 11 is 0. The minimum Gasteiger partial charge on any atom is -0.481 e. The quantitative estimate of drug-likeness (QED) is 0.793. The molecule has 1 saturated heterocycles. The summed E-state index contributed by atoms with van der Waals surface area (Å²) in [6, 6.07) is 0. The van der Waals surface area contributed by atoms with Crippen molar-refractivity contribution in [3.05, 3.63) is 12.2 Å². The molecule has 104 valence electrons. The van der Waals surface area contributed by atoms with Gasteiger partial charge in [0.2, 0.25) is 0 Å². The normalized spacial score (nSPS) is 48.0. The molecule has 2 bridgehead atoms. The summed E-state index contributed by atoms with van der Waals surface area (Å²) in [6.07, 6.45) is 10.6. The second-order valence-corrected chi connectivity index (χ2v) is 7.28. The van der Waals surface area contributed by atoms with Crippen LogP contribution in [0.5, 0.6) is 0 Å². The van der Waals surface area contributed by atoms with E-state index in [1.54, 1.807) is 0 Å². The van der Waals surface area contributed by atoms with Gasteiger partial charge in [0.15, 0.2) is 0 Å². The first kappa shape index (κ1) is 12.0. The van der Waals surface area contributed by atoms with Crippen LogP contribution in [0.15, 0.2) is 12.2 Å². The standard InChI is InChI=1S/C16H23NO2/c18-15(19)16-5-1-2-14(16)9-17(10-16)8-13-7-11-3-4-12(13)6-11/h3-4,11-14H,1-2,5-10H2,(H,18,19)/t11?,12?,13?,14-,16+/m0/s1. The van der Waals surface area contributed by atoms with E-state index in [0.717, 1.165) is 56.7 Å². The van der Waals surface area contributed by atoms with Gasteiger partial charge in [0.1, 0.15) is 0 Å². The molecule has 1 aliphatic heterocycles. The van der Waals surface area contributed by atoms with Crippen molar-refractivity contribution in [1.29, 1.82) is 0 Å². The Bertz CT molecular complexity index is 432. The Morgan fingerprint density at radius 3 is 2.89 bits per heavy atom. The van der Waals surface area contributed by atoms with Crippen LogP contribution in [0.4, 0.5) is 0 Å². The van der Waals surface area contributed by atoms with Crippen molar-refractivity contribution in [2.24, 2.45) is 29.1 Å². The van der Waals surface area contributed by atoms with E-state index in [-0.39, 0.29) is 0 Å². The number of allylic oxidation sites excluding steroid dienone is 2. The highest BCUT2D eigenvalue weighted by atomic mass is 16.4. The molecule has 5 atom stereocenters. The van der Waals surface area contributed by atoms with E-state index in [0.29, 0.717) is 5.92 Å². The zero-order chi connectivity index (χ0) is 13.0. The molecule has 0 spiro atoms. The van der Waals surface area contributed by atoms with Gasteiger partial charge in [-0.15, -0.1) is 0 Å². The SMILES string of the molecule is O=C(O)[C@@]12CCC[C@H]1CN(CC1CC3C=CC1C3)C2. The fourth-order valence-electron chi connectivity index (χ4n) is 5.32. The van der Waals surface area contributed by atoms with E-state index in [2.05, 4.69) is 17.1 Å². The molecular weight excluding hydrogens is 238 g/mol. The highest BCUT2D eigenvalue weighted by molar-refractivity contribution is 5.76. The molecule has 3 fully saturated rings. The zero-order valence-corrected chi connectivity index (χ0v) is 11.4. The van der Waals surface area contributed by atoms with Crippen molar-refractivity contribution in [3.63, 3.8) is 0 Å². The molecule has 0 aromatic rings. The Labute approximate surface area is 114 Å². The van der Waals surface area contributed by atoms with E-state index >= 15 is 0 Å². The van der Waals surface area contributed by atoms with Gasteiger partial charge in [0, 0.05) is 19.6 Å². The molecular formula is C16H23NO2. The predicted molar refractivity (Wildman–Crippen MR) is 72.7 cm³/mol. The van der Waals surface area contributed by atoms with Crippen LogP contribution in [0.25, 0.3) is 0 Å². The number of rotatable bonds is 3. The van der Waals surface area contributed by atoms with Gasteiger partial charge in [-0.2, -0.15) is 0 Å². The second kappa shape index (κ2) is 4.08. The Morgan fingerprint density at radius 1 is 1.37 bits per heavy atom. The summed E-state index contributed by atoms with van der Waals surface area (Å²) in [5.41, 5.74) is -0.395. The van der Waals surface area contributed by atoms with E-state index in [9.17, 15) is 9.90 Å². The van der Waals surface area contributed by atoms with Crippen molar-refractivity contribution in [2.45, 2.75) is 32.1 Å². The average Bonchev–Trinajstić information content (AvgIpc) is 3.05. The molecule has 3 heteroatoms. The fourth-order valence-corrected chi connectivity index (χ4v) is 5.32. The summed E-state index contributed by atoms with van der Waals surface area (Å²) in [5, 5.41) is 9.62. The van der Waals surface area contributed by atoms with Crippen LogP contribution in [-0.2, 0) is 4.79 Å². The van der Waals surface area contributed by atoms with Gasteiger partial charge < -0.3 is 10.0 Å². The maximum atomic E-state index is 11.7. The van der Waals surface area contributed by atoms with E-state index in [4.69, 9.17) is 0 Å². The van der Waals surface area contributed by atoms with Gasteiger partial charge in [-0.05, 0) is 49.4 Å². The maximum absolute atomic E-state index is 11.7. The molecule has 1 N–H and O–H groups in total. The van der Waals surface area contributed by atoms with Gasteiger partial charge in [-0.1, -0.05) is 18.6 Å². The zero-order valence-electron chi connectivity index (χ0n) is 11.4. The molecule has 2 saturated carbocycles. The number of fused-ring (bicyclic) bond motifs is 3. The van der Waals surface area contributed by atoms with Crippen molar-refractivity contribution in [1.82, 2.24) is 4.90 Å². The maximum Gasteiger partial charge on any atom is 0.311 e. The van der Waals surface area contributed by atoms with Gasteiger partial charge in [0.25, 0.3) is 0 Å². The first-order valence-corrected chi connectivity index (χ1v) is 7.81. The van der Waals surface area contributed by atoms with Crippen molar-refractivity contribution < 1.29 is 9.90 Å². The molecule has 4 aliphatic rings. The first-order chi connectivity index (χ1) is 9.17. The van der Waals surface area contributed by atoms with Gasteiger partial charge in [0.05, 0.1) is 5.41 Å². The van der Waals surface area contributed by atoms with E-state index in [1.165, 1.54) is 12.8 Å². The smallest absolute Gasteiger partial charge is 0.311 e. The number of likely N-dealkylation sites (tertiary alicyclic amines) is 1. The van der Waals surface area contributed by atoms with Gasteiger partial charge in [-0.3, -0.25) is 4.79 Å². The Morgan fingerprint density at radius 2 is 2.26 bits per heavy atom. The number of hydrogen-bond donors (Lipinski definition) is 1. The number of carboxylic acids is 1. The summed E-state index contributed by atoms with van der Waals surface area (Å²) in [5.74, 6) is 2.28. The number of aliphatic carboxylic acids is 1. The summed E-state index contributed by atoms with van der Waals surface area (Å²) in [4.78, 5) is 14.1. The monoisotopic (exact) mass is 261 g/mol. The molecule has 0 aromatic heterocycles. The number of carboxylic acid groups (broad SMARTS) is 1. The van der Waals surface area contributed by atoms with Crippen LogP contribution in [0.3, 0.4) is 0 Å². The van der Waals surface area contributed by atoms with Crippen LogP contribution in [0, 0.1) is 29.1 Å². The molecule has 4 rings (SSSR count). The Hall–Kier alpha value is -0.830. The summed E-state index contributed by atoms with van der Waals surface area (Å²) < 4.78 is 0.